The molecule has 1 N–H and O–H groups in total. The van der Waals surface area contributed by atoms with Crippen molar-refractivity contribution in [1.29, 1.82) is 0 Å². The highest BCUT2D eigenvalue weighted by Crippen LogP contribution is 2.20. The predicted octanol–water partition coefficient (Wildman–Crippen LogP) is 1.85. The van der Waals surface area contributed by atoms with Crippen molar-refractivity contribution in [2.45, 2.75) is 58.7 Å². The molecule has 0 bridgehead atoms. The zero-order valence-electron chi connectivity index (χ0n) is 12.6. The summed E-state index contributed by atoms with van der Waals surface area (Å²) >= 11 is 0. The van der Waals surface area contributed by atoms with E-state index >= 15 is 0 Å². The minimum absolute atomic E-state index is 0.539. The van der Waals surface area contributed by atoms with Crippen molar-refractivity contribution in [3.63, 3.8) is 0 Å². The van der Waals surface area contributed by atoms with E-state index < -0.39 is 10.8 Å². The molecule has 1 aliphatic rings. The van der Waals surface area contributed by atoms with E-state index in [0.717, 1.165) is 25.3 Å². The van der Waals surface area contributed by atoms with Crippen molar-refractivity contribution >= 4 is 10.8 Å². The summed E-state index contributed by atoms with van der Waals surface area (Å²) in [7, 11) is -0.665. The lowest BCUT2D eigenvalue weighted by molar-refractivity contribution is 0.0603. The molecular weight excluding hydrogens is 244 g/mol. The van der Waals surface area contributed by atoms with E-state index in [9.17, 15) is 4.21 Å². The van der Waals surface area contributed by atoms with Gasteiger partial charge in [-0.3, -0.25) is 9.11 Å². The Hall–Kier alpha value is 0.0700. The smallest absolute Gasteiger partial charge is 0.0247 e. The number of rotatable bonds is 6. The van der Waals surface area contributed by atoms with E-state index in [4.69, 9.17) is 0 Å². The van der Waals surface area contributed by atoms with Crippen LogP contribution >= 0.6 is 0 Å². The summed E-state index contributed by atoms with van der Waals surface area (Å²) in [5.41, 5.74) is 0. The minimum Gasteiger partial charge on any atom is -0.311 e. The van der Waals surface area contributed by atoms with E-state index in [1.807, 2.05) is 0 Å². The Morgan fingerprint density at radius 3 is 2.56 bits per heavy atom. The monoisotopic (exact) mass is 274 g/mol. The van der Waals surface area contributed by atoms with Gasteiger partial charge in [0.05, 0.1) is 0 Å². The van der Waals surface area contributed by atoms with E-state index in [1.54, 1.807) is 6.26 Å². The molecule has 1 rings (SSSR count). The molecule has 1 fully saturated rings. The molecule has 4 heteroatoms. The molecule has 0 radical (unpaired) electrons. The van der Waals surface area contributed by atoms with Crippen molar-refractivity contribution in [3.8, 4) is 0 Å². The number of hydrogen-bond donors (Lipinski definition) is 1. The molecule has 1 aliphatic heterocycles. The van der Waals surface area contributed by atoms with Gasteiger partial charge in [-0.25, -0.2) is 0 Å². The van der Waals surface area contributed by atoms with Crippen LogP contribution in [0.1, 0.15) is 40.5 Å². The van der Waals surface area contributed by atoms with Gasteiger partial charge in [-0.2, -0.15) is 0 Å². The minimum atomic E-state index is -0.665. The fraction of sp³-hybridized carbons (Fsp3) is 1.00. The molecule has 0 spiro atoms. The average molecular weight is 274 g/mol. The van der Waals surface area contributed by atoms with Gasteiger partial charge in [0, 0.05) is 54.0 Å². The highest BCUT2D eigenvalue weighted by atomic mass is 32.2. The topological polar surface area (TPSA) is 32.3 Å². The van der Waals surface area contributed by atoms with Crippen LogP contribution in [0.2, 0.25) is 0 Å². The third kappa shape index (κ3) is 4.63. The number of hydrogen-bond acceptors (Lipinski definition) is 3. The quantitative estimate of drug-likeness (QED) is 0.802. The number of nitrogens with one attached hydrogen (secondary N) is 1. The Kier molecular flexibility index (Phi) is 6.82. The van der Waals surface area contributed by atoms with Gasteiger partial charge in [0.25, 0.3) is 0 Å². The van der Waals surface area contributed by atoms with Gasteiger partial charge < -0.3 is 5.32 Å². The van der Waals surface area contributed by atoms with Crippen LogP contribution in [0.4, 0.5) is 0 Å². The normalized spacial score (nSPS) is 29.4. The summed E-state index contributed by atoms with van der Waals surface area (Å²) in [5.74, 6) is 1.50. The van der Waals surface area contributed by atoms with Crippen molar-refractivity contribution < 1.29 is 4.21 Å². The molecular formula is C14H30N2OS. The molecule has 0 aromatic carbocycles. The van der Waals surface area contributed by atoms with Crippen LogP contribution in [0.25, 0.3) is 0 Å². The Labute approximate surface area is 115 Å². The van der Waals surface area contributed by atoms with Crippen LogP contribution in [-0.2, 0) is 10.8 Å². The van der Waals surface area contributed by atoms with Crippen molar-refractivity contribution in [3.05, 3.63) is 0 Å². The molecule has 1 saturated heterocycles. The molecule has 0 aromatic heterocycles. The van der Waals surface area contributed by atoms with Crippen LogP contribution in [0, 0.1) is 5.92 Å². The summed E-state index contributed by atoms with van der Waals surface area (Å²) in [6, 6.07) is 1.78. The number of nitrogens with zero attached hydrogens (tertiary/aromatic N) is 1. The third-order valence-corrected chi connectivity index (χ3v) is 4.94. The van der Waals surface area contributed by atoms with Crippen molar-refractivity contribution in [1.82, 2.24) is 10.2 Å². The van der Waals surface area contributed by atoms with Crippen molar-refractivity contribution in [2.75, 3.05) is 25.1 Å². The van der Waals surface area contributed by atoms with Gasteiger partial charge in [0.1, 0.15) is 0 Å². The second-order valence-corrected chi connectivity index (χ2v) is 7.49. The molecule has 0 aliphatic carbocycles. The lowest BCUT2D eigenvalue weighted by atomic mass is 9.95. The summed E-state index contributed by atoms with van der Waals surface area (Å²) in [6.45, 7) is 11.4. The predicted molar refractivity (Wildman–Crippen MR) is 80.4 cm³/mol. The maximum absolute atomic E-state index is 11.2. The van der Waals surface area contributed by atoms with E-state index in [1.165, 1.54) is 6.42 Å². The maximum atomic E-state index is 11.2. The van der Waals surface area contributed by atoms with Crippen LogP contribution < -0.4 is 5.32 Å². The lowest BCUT2D eigenvalue weighted by Crippen LogP contribution is -2.60. The van der Waals surface area contributed by atoms with Gasteiger partial charge in [0.15, 0.2) is 0 Å². The fourth-order valence-electron chi connectivity index (χ4n) is 2.76. The largest absolute Gasteiger partial charge is 0.311 e. The Morgan fingerprint density at radius 1 is 1.39 bits per heavy atom. The second-order valence-electron chi connectivity index (χ2n) is 5.94. The fourth-order valence-corrected chi connectivity index (χ4v) is 3.43. The summed E-state index contributed by atoms with van der Waals surface area (Å²) in [6.07, 6.45) is 4.04. The highest BCUT2D eigenvalue weighted by Gasteiger charge is 2.31. The Morgan fingerprint density at radius 2 is 2.06 bits per heavy atom. The van der Waals surface area contributed by atoms with Crippen LogP contribution in [-0.4, -0.2) is 52.3 Å². The average Bonchev–Trinajstić information content (AvgIpc) is 2.34. The SMILES string of the molecule is CCC1CN(C(C)CCS(C)=O)C(C(C)C)CN1. The van der Waals surface area contributed by atoms with Gasteiger partial charge >= 0.3 is 0 Å². The third-order valence-electron chi connectivity index (χ3n) is 4.12. The number of piperazine rings is 1. The molecule has 0 amide bonds. The van der Waals surface area contributed by atoms with Gasteiger partial charge in [-0.15, -0.1) is 0 Å². The van der Waals surface area contributed by atoms with Crippen LogP contribution in [0.5, 0.6) is 0 Å². The first-order valence-electron chi connectivity index (χ1n) is 7.24. The summed E-state index contributed by atoms with van der Waals surface area (Å²) in [5, 5.41) is 3.65. The first kappa shape index (κ1) is 16.1. The molecule has 0 aromatic rings. The lowest BCUT2D eigenvalue weighted by Gasteiger charge is -2.45. The van der Waals surface area contributed by atoms with Crippen molar-refractivity contribution in [2.24, 2.45) is 5.92 Å². The molecule has 108 valence electrons. The standard InChI is InChI=1S/C14H30N2OS/c1-6-13-10-16(12(4)7-8-18(5)17)14(9-15-13)11(2)3/h11-15H,6-10H2,1-5H3. The van der Waals surface area contributed by atoms with Gasteiger partial charge in [-0.05, 0) is 25.7 Å². The zero-order valence-corrected chi connectivity index (χ0v) is 13.4. The van der Waals surface area contributed by atoms with Gasteiger partial charge in [-0.1, -0.05) is 20.8 Å². The summed E-state index contributed by atoms with van der Waals surface area (Å²) < 4.78 is 11.2. The van der Waals surface area contributed by atoms with E-state index in [-0.39, 0.29) is 0 Å². The van der Waals surface area contributed by atoms with Crippen LogP contribution in [0.15, 0.2) is 0 Å². The zero-order chi connectivity index (χ0) is 13.7. The molecule has 18 heavy (non-hydrogen) atoms. The molecule has 4 unspecified atom stereocenters. The van der Waals surface area contributed by atoms with Crippen LogP contribution in [0.3, 0.4) is 0 Å². The molecule has 0 saturated carbocycles. The van der Waals surface area contributed by atoms with E-state index in [2.05, 4.69) is 37.9 Å². The first-order chi connectivity index (χ1) is 8.45. The Bertz CT molecular complexity index is 271. The highest BCUT2D eigenvalue weighted by molar-refractivity contribution is 7.84. The second kappa shape index (κ2) is 7.61. The summed E-state index contributed by atoms with van der Waals surface area (Å²) in [4.78, 5) is 2.64. The van der Waals surface area contributed by atoms with Gasteiger partial charge in [0.2, 0.25) is 0 Å². The van der Waals surface area contributed by atoms with E-state index in [0.29, 0.717) is 24.0 Å². The maximum Gasteiger partial charge on any atom is 0.0247 e. The molecule has 1 heterocycles. The molecule has 4 atom stereocenters. The Balaban J connectivity index is 2.62. The molecule has 3 nitrogen and oxygen atoms in total. The first-order valence-corrected chi connectivity index (χ1v) is 8.97.